The Bertz CT molecular complexity index is 576. The highest BCUT2D eigenvalue weighted by Gasteiger charge is 2.09. The van der Waals surface area contributed by atoms with Gasteiger partial charge in [-0.2, -0.15) is 5.26 Å². The minimum absolute atomic E-state index is 0.701. The van der Waals surface area contributed by atoms with Crippen LogP contribution < -0.4 is 4.90 Å². The smallest absolute Gasteiger partial charge is 0.185 e. The van der Waals surface area contributed by atoms with E-state index in [-0.39, 0.29) is 0 Å². The Hall–Kier alpha value is -1.86. The predicted molar refractivity (Wildman–Crippen MR) is 74.9 cm³/mol. The molecule has 3 nitrogen and oxygen atoms in total. The van der Waals surface area contributed by atoms with E-state index in [0.29, 0.717) is 5.56 Å². The largest absolute Gasteiger partial charge is 0.347 e. The maximum Gasteiger partial charge on any atom is 0.185 e. The van der Waals surface area contributed by atoms with E-state index in [1.807, 2.05) is 38.2 Å². The summed E-state index contributed by atoms with van der Waals surface area (Å²) in [5.74, 6) is 0. The highest BCUT2D eigenvalue weighted by Crippen LogP contribution is 2.25. The van der Waals surface area contributed by atoms with Crippen LogP contribution in [-0.4, -0.2) is 12.0 Å². The van der Waals surface area contributed by atoms with Crippen molar-refractivity contribution in [3.63, 3.8) is 0 Å². The van der Waals surface area contributed by atoms with Gasteiger partial charge >= 0.3 is 0 Å². The molecule has 18 heavy (non-hydrogen) atoms. The van der Waals surface area contributed by atoms with E-state index in [1.165, 1.54) is 4.88 Å². The average Bonchev–Trinajstić information content (AvgIpc) is 2.70. The Morgan fingerprint density at radius 1 is 1.39 bits per heavy atom. The van der Waals surface area contributed by atoms with E-state index in [2.05, 4.69) is 22.9 Å². The standard InChI is InChI=1S/C14H15N3S/c1-10-11(2)18-14(16-10)17(3)9-13-6-4-5-12(7-13)8-15/h4-7H,9H2,1-3H3. The number of benzene rings is 1. The molecule has 1 heterocycles. The molecule has 2 rings (SSSR count). The fourth-order valence-electron chi connectivity index (χ4n) is 1.70. The highest BCUT2D eigenvalue weighted by atomic mass is 32.1. The molecule has 0 amide bonds. The van der Waals surface area contributed by atoms with Crippen LogP contribution in [-0.2, 0) is 6.54 Å². The van der Waals surface area contributed by atoms with Gasteiger partial charge < -0.3 is 4.90 Å². The fraction of sp³-hybridized carbons (Fsp3) is 0.286. The molecule has 0 bridgehead atoms. The SMILES string of the molecule is Cc1nc(N(C)Cc2cccc(C#N)c2)sc1C. The van der Waals surface area contributed by atoms with Crippen LogP contribution in [0.1, 0.15) is 21.7 Å². The summed E-state index contributed by atoms with van der Waals surface area (Å²) in [4.78, 5) is 7.89. The molecule has 1 aromatic heterocycles. The van der Waals surface area contributed by atoms with Crippen molar-refractivity contribution >= 4 is 16.5 Å². The molecule has 4 heteroatoms. The lowest BCUT2D eigenvalue weighted by molar-refractivity contribution is 0.910. The monoisotopic (exact) mass is 257 g/mol. The van der Waals surface area contributed by atoms with Crippen LogP contribution in [0.3, 0.4) is 0 Å². The normalized spacial score (nSPS) is 10.1. The Morgan fingerprint density at radius 2 is 2.17 bits per heavy atom. The van der Waals surface area contributed by atoms with Gasteiger partial charge in [-0.3, -0.25) is 0 Å². The number of anilines is 1. The first-order valence-corrected chi connectivity index (χ1v) is 6.56. The molecule has 1 aromatic carbocycles. The second-order valence-corrected chi connectivity index (χ2v) is 5.49. The summed E-state index contributed by atoms with van der Waals surface area (Å²) in [5.41, 5.74) is 2.92. The molecule has 0 N–H and O–H groups in total. The molecular formula is C14H15N3S. The summed E-state index contributed by atoms with van der Waals surface area (Å²) in [6.45, 7) is 4.88. The number of thiazole rings is 1. The van der Waals surface area contributed by atoms with Crippen LogP contribution in [0.25, 0.3) is 0 Å². The van der Waals surface area contributed by atoms with Crippen molar-refractivity contribution in [2.75, 3.05) is 11.9 Å². The minimum atomic E-state index is 0.701. The number of rotatable bonds is 3. The van der Waals surface area contributed by atoms with Crippen LogP contribution in [0.15, 0.2) is 24.3 Å². The van der Waals surface area contributed by atoms with E-state index >= 15 is 0 Å². The van der Waals surface area contributed by atoms with Crippen molar-refractivity contribution in [3.05, 3.63) is 46.0 Å². The van der Waals surface area contributed by atoms with Gasteiger partial charge in [0.2, 0.25) is 0 Å². The Labute approximate surface area is 111 Å². The van der Waals surface area contributed by atoms with E-state index < -0.39 is 0 Å². The lowest BCUT2D eigenvalue weighted by Gasteiger charge is -2.15. The molecule has 2 aromatic rings. The molecule has 0 saturated heterocycles. The van der Waals surface area contributed by atoms with Crippen molar-refractivity contribution in [2.45, 2.75) is 20.4 Å². The molecule has 0 aliphatic carbocycles. The van der Waals surface area contributed by atoms with Crippen LogP contribution >= 0.6 is 11.3 Å². The van der Waals surface area contributed by atoms with Crippen molar-refractivity contribution in [2.24, 2.45) is 0 Å². The fourth-order valence-corrected chi connectivity index (χ4v) is 2.57. The first-order valence-electron chi connectivity index (χ1n) is 5.74. The Kier molecular flexibility index (Phi) is 3.63. The van der Waals surface area contributed by atoms with Gasteiger partial charge in [0, 0.05) is 18.5 Å². The molecule has 92 valence electrons. The first kappa shape index (κ1) is 12.6. The highest BCUT2D eigenvalue weighted by molar-refractivity contribution is 7.15. The zero-order valence-corrected chi connectivity index (χ0v) is 11.6. The summed E-state index contributed by atoms with van der Waals surface area (Å²) in [5, 5.41) is 9.90. The van der Waals surface area contributed by atoms with Gasteiger partial charge in [-0.05, 0) is 31.5 Å². The summed E-state index contributed by atoms with van der Waals surface area (Å²) in [6.07, 6.45) is 0. The van der Waals surface area contributed by atoms with Crippen LogP contribution in [0.4, 0.5) is 5.13 Å². The number of nitriles is 1. The summed E-state index contributed by atoms with van der Waals surface area (Å²) >= 11 is 1.70. The zero-order chi connectivity index (χ0) is 13.1. The van der Waals surface area contributed by atoms with Gasteiger partial charge in [0.1, 0.15) is 0 Å². The molecule has 0 radical (unpaired) electrons. The third kappa shape index (κ3) is 2.69. The van der Waals surface area contributed by atoms with Gasteiger partial charge in [0.05, 0.1) is 17.3 Å². The van der Waals surface area contributed by atoms with Crippen molar-refractivity contribution in [1.82, 2.24) is 4.98 Å². The van der Waals surface area contributed by atoms with E-state index in [4.69, 9.17) is 5.26 Å². The van der Waals surface area contributed by atoms with E-state index in [0.717, 1.165) is 22.9 Å². The number of aromatic nitrogens is 1. The van der Waals surface area contributed by atoms with Gasteiger partial charge in [0.15, 0.2) is 5.13 Å². The van der Waals surface area contributed by atoms with Gasteiger partial charge in [-0.1, -0.05) is 12.1 Å². The average molecular weight is 257 g/mol. The lowest BCUT2D eigenvalue weighted by atomic mass is 10.1. The molecule has 0 fully saturated rings. The van der Waals surface area contributed by atoms with Gasteiger partial charge in [-0.15, -0.1) is 11.3 Å². The third-order valence-corrected chi connectivity index (χ3v) is 4.01. The Morgan fingerprint density at radius 3 is 2.78 bits per heavy atom. The van der Waals surface area contributed by atoms with Crippen molar-refractivity contribution in [3.8, 4) is 6.07 Å². The maximum absolute atomic E-state index is 8.88. The third-order valence-electron chi connectivity index (χ3n) is 2.82. The van der Waals surface area contributed by atoms with Gasteiger partial charge in [-0.25, -0.2) is 4.98 Å². The molecule has 0 unspecified atom stereocenters. The number of hydrogen-bond acceptors (Lipinski definition) is 4. The summed E-state index contributed by atoms with van der Waals surface area (Å²) in [6, 6.07) is 9.85. The number of nitrogens with zero attached hydrogens (tertiary/aromatic N) is 3. The lowest BCUT2D eigenvalue weighted by Crippen LogP contribution is -2.16. The molecule has 0 atom stereocenters. The van der Waals surface area contributed by atoms with E-state index in [9.17, 15) is 0 Å². The maximum atomic E-state index is 8.88. The Balaban J connectivity index is 2.16. The minimum Gasteiger partial charge on any atom is -0.347 e. The number of hydrogen-bond donors (Lipinski definition) is 0. The second kappa shape index (κ2) is 5.19. The van der Waals surface area contributed by atoms with Crippen LogP contribution in [0.5, 0.6) is 0 Å². The molecule has 0 aliphatic rings. The molecule has 0 spiro atoms. The van der Waals surface area contributed by atoms with Gasteiger partial charge in [0.25, 0.3) is 0 Å². The zero-order valence-electron chi connectivity index (χ0n) is 10.8. The van der Waals surface area contributed by atoms with E-state index in [1.54, 1.807) is 11.3 Å². The summed E-state index contributed by atoms with van der Waals surface area (Å²) < 4.78 is 0. The predicted octanol–water partition coefficient (Wildman–Crippen LogP) is 3.27. The van der Waals surface area contributed by atoms with Crippen molar-refractivity contribution < 1.29 is 0 Å². The van der Waals surface area contributed by atoms with Crippen molar-refractivity contribution in [1.29, 1.82) is 5.26 Å². The first-order chi connectivity index (χ1) is 8.60. The number of aryl methyl sites for hydroxylation is 2. The summed E-state index contributed by atoms with van der Waals surface area (Å²) in [7, 11) is 2.02. The molecule has 0 saturated carbocycles. The quantitative estimate of drug-likeness (QED) is 0.847. The topological polar surface area (TPSA) is 39.9 Å². The van der Waals surface area contributed by atoms with Crippen LogP contribution in [0.2, 0.25) is 0 Å². The van der Waals surface area contributed by atoms with Crippen LogP contribution in [0, 0.1) is 25.2 Å². The molecule has 0 aliphatic heterocycles. The molecular weight excluding hydrogens is 242 g/mol. The second-order valence-electron chi connectivity index (χ2n) is 4.31.